The quantitative estimate of drug-likeness (QED) is 0.117. The van der Waals surface area contributed by atoms with Gasteiger partial charge in [-0.25, -0.2) is 23.1 Å². The van der Waals surface area contributed by atoms with Crippen LogP contribution >= 0.6 is 0 Å². The van der Waals surface area contributed by atoms with E-state index in [2.05, 4.69) is 0 Å². The van der Waals surface area contributed by atoms with Crippen molar-refractivity contribution in [3.63, 3.8) is 0 Å². The molecule has 7 nitrogen and oxygen atoms in total. The minimum Gasteiger partial charge on any atom is -0.456 e. The number of Topliss-reactive ketones (excluding diaryl/α,β-unsaturated/α-hetero) is 1. The number of hydrogen-bond acceptors (Lipinski definition) is 6. The molecule has 0 atom stereocenters. The lowest BCUT2D eigenvalue weighted by molar-refractivity contribution is -2.00. The summed E-state index contributed by atoms with van der Waals surface area (Å²) in [6.07, 6.45) is 3.93. The van der Waals surface area contributed by atoms with Gasteiger partial charge in [0.15, 0.2) is 5.78 Å². The number of ketones is 1. The van der Waals surface area contributed by atoms with E-state index in [1.807, 2.05) is 176 Å². The van der Waals surface area contributed by atoms with Gasteiger partial charge in [-0.05, 0) is 42.0 Å². The van der Waals surface area contributed by atoms with Crippen molar-refractivity contribution in [3.8, 4) is 22.6 Å². The minimum atomic E-state index is -4.94. The first-order valence-corrected chi connectivity index (χ1v) is 16.7. The Kier molecular flexibility index (Phi) is 10.5. The Hall–Kier alpha value is -5.93. The summed E-state index contributed by atoms with van der Waals surface area (Å²) in [6, 6.07) is 53.2. The molecule has 0 radical (unpaired) electrons. The summed E-state index contributed by atoms with van der Waals surface area (Å²) in [6.45, 7) is 0. The largest absolute Gasteiger partial charge is 0.456 e. The molecule has 1 aliphatic heterocycles. The van der Waals surface area contributed by atoms with E-state index in [-0.39, 0.29) is 5.78 Å². The Morgan fingerprint density at radius 2 is 0.820 bits per heavy atom. The molecule has 0 fully saturated rings. The Morgan fingerprint density at radius 1 is 0.480 bits per heavy atom. The third-order valence-electron chi connectivity index (χ3n) is 7.66. The van der Waals surface area contributed by atoms with Crippen molar-refractivity contribution < 1.29 is 42.8 Å². The standard InChI is InChI=1S/C42H29O3.ClHO4/c43-42(34-24-14-5-15-25-34)41(35-26-37(30-16-6-1-7-17-30)44-38(27-35)31-18-8-2-9-19-31)36-28-39(32-20-10-3-11-21-32)45-40(29-36)33-22-12-4-13-23-33;2-1(3,4)5/h1-29H;(H,2,3,4,5)/q+1;/p-1. The fourth-order valence-electron chi connectivity index (χ4n) is 5.43. The van der Waals surface area contributed by atoms with E-state index in [0.29, 0.717) is 34.2 Å². The van der Waals surface area contributed by atoms with E-state index in [0.717, 1.165) is 33.4 Å². The maximum atomic E-state index is 14.6. The van der Waals surface area contributed by atoms with Crippen LogP contribution in [-0.4, -0.2) is 5.78 Å². The zero-order chi connectivity index (χ0) is 34.9. The van der Waals surface area contributed by atoms with Crippen LogP contribution in [0.5, 0.6) is 0 Å². The van der Waals surface area contributed by atoms with Crippen LogP contribution in [0.3, 0.4) is 0 Å². The van der Waals surface area contributed by atoms with Crippen LogP contribution in [0.4, 0.5) is 0 Å². The molecule has 0 unspecified atom stereocenters. The predicted molar refractivity (Wildman–Crippen MR) is 182 cm³/mol. The highest BCUT2D eigenvalue weighted by molar-refractivity contribution is 6.30. The summed E-state index contributed by atoms with van der Waals surface area (Å²) >= 11 is 0. The number of halogens is 1. The summed E-state index contributed by atoms with van der Waals surface area (Å²) in [7, 11) is -4.94. The predicted octanol–water partition coefficient (Wildman–Crippen LogP) is 5.89. The van der Waals surface area contributed by atoms with Crippen LogP contribution in [0.1, 0.15) is 27.0 Å². The van der Waals surface area contributed by atoms with Gasteiger partial charge in [0, 0.05) is 27.8 Å². The van der Waals surface area contributed by atoms with E-state index in [4.69, 9.17) is 27.8 Å². The molecule has 0 aliphatic carbocycles. The zero-order valence-electron chi connectivity index (χ0n) is 26.5. The van der Waals surface area contributed by atoms with Gasteiger partial charge in [-0.2, -0.15) is 0 Å². The van der Waals surface area contributed by atoms with Crippen LogP contribution in [0.25, 0.3) is 39.7 Å². The molecule has 1 aromatic heterocycles. The number of carbonyl (C=O) groups excluding carboxylic acids is 1. The third kappa shape index (κ3) is 8.75. The Labute approximate surface area is 291 Å². The van der Waals surface area contributed by atoms with Gasteiger partial charge in [-0.3, -0.25) is 4.79 Å². The first kappa shape index (κ1) is 34.0. The van der Waals surface area contributed by atoms with Crippen molar-refractivity contribution in [2.24, 2.45) is 0 Å². The van der Waals surface area contributed by atoms with Gasteiger partial charge in [0.05, 0.1) is 23.3 Å². The second-order valence-electron chi connectivity index (χ2n) is 11.1. The van der Waals surface area contributed by atoms with Crippen molar-refractivity contribution in [3.05, 3.63) is 204 Å². The molecule has 0 saturated heterocycles. The average molecular weight is 681 g/mol. The van der Waals surface area contributed by atoms with Gasteiger partial charge >= 0.3 is 11.5 Å². The molecule has 2 heterocycles. The van der Waals surface area contributed by atoms with E-state index in [1.165, 1.54) is 0 Å². The molecule has 1 aliphatic rings. The molecule has 0 N–H and O–H groups in total. The molecule has 0 amide bonds. The van der Waals surface area contributed by atoms with Gasteiger partial charge in [-0.15, -0.1) is 10.2 Å². The normalized spacial score (nSPS) is 12.4. The molecule has 5 aromatic carbocycles. The first-order valence-electron chi connectivity index (χ1n) is 15.5. The van der Waals surface area contributed by atoms with Gasteiger partial charge in [0.1, 0.15) is 11.5 Å². The van der Waals surface area contributed by atoms with Crippen LogP contribution in [0, 0.1) is 10.2 Å². The average Bonchev–Trinajstić information content (AvgIpc) is 3.16. The molecule has 0 spiro atoms. The molecule has 6 aromatic rings. The molecule has 246 valence electrons. The maximum Gasteiger partial charge on any atom is 0.361 e. The lowest BCUT2D eigenvalue weighted by Crippen LogP contribution is -2.68. The van der Waals surface area contributed by atoms with Crippen molar-refractivity contribution >= 4 is 22.9 Å². The van der Waals surface area contributed by atoms with Crippen molar-refractivity contribution in [2.45, 2.75) is 0 Å². The summed E-state index contributed by atoms with van der Waals surface area (Å²) in [5, 5.41) is 0. The van der Waals surface area contributed by atoms with E-state index in [1.54, 1.807) is 0 Å². The van der Waals surface area contributed by atoms with E-state index >= 15 is 0 Å². The number of rotatable bonds is 7. The fourth-order valence-corrected chi connectivity index (χ4v) is 5.43. The topological polar surface area (TPSA) is 130 Å². The molecular formula is C42H29ClO7. The van der Waals surface area contributed by atoms with Crippen LogP contribution in [0.2, 0.25) is 0 Å². The number of carbonyl (C=O) groups is 1. The Balaban J connectivity index is 0.000000808. The summed E-state index contributed by atoms with van der Waals surface area (Å²) in [5.74, 6) is 2.56. The molecule has 0 saturated carbocycles. The highest BCUT2D eigenvalue weighted by atomic mass is 35.7. The smallest absolute Gasteiger partial charge is 0.361 e. The van der Waals surface area contributed by atoms with Gasteiger partial charge in [0.25, 0.3) is 0 Å². The number of allylic oxidation sites excluding steroid dienone is 4. The van der Waals surface area contributed by atoms with Crippen molar-refractivity contribution in [2.75, 3.05) is 0 Å². The van der Waals surface area contributed by atoms with Crippen molar-refractivity contribution in [1.82, 2.24) is 0 Å². The fraction of sp³-hybridized carbons (Fsp3) is 0. The van der Waals surface area contributed by atoms with Crippen LogP contribution < -0.4 is 18.6 Å². The third-order valence-corrected chi connectivity index (χ3v) is 7.66. The Morgan fingerprint density at radius 3 is 1.20 bits per heavy atom. The van der Waals surface area contributed by atoms with E-state index in [9.17, 15) is 4.79 Å². The number of hydrogen-bond donors (Lipinski definition) is 0. The number of ether oxygens (including phenoxy) is 1. The number of benzene rings is 5. The highest BCUT2D eigenvalue weighted by Crippen LogP contribution is 2.38. The van der Waals surface area contributed by atoms with Crippen molar-refractivity contribution in [1.29, 1.82) is 0 Å². The molecule has 7 rings (SSSR count). The minimum absolute atomic E-state index is 0.0935. The summed E-state index contributed by atoms with van der Waals surface area (Å²) < 4.78 is 47.0. The molecule has 0 bridgehead atoms. The van der Waals surface area contributed by atoms with E-state index < -0.39 is 10.2 Å². The van der Waals surface area contributed by atoms with Gasteiger partial charge < -0.3 is 4.74 Å². The molecule has 8 heteroatoms. The summed E-state index contributed by atoms with van der Waals surface area (Å²) in [5.41, 5.74) is 6.31. The molecule has 50 heavy (non-hydrogen) atoms. The van der Waals surface area contributed by atoms with Gasteiger partial charge in [0.2, 0.25) is 0 Å². The lowest BCUT2D eigenvalue weighted by atomic mass is 9.89. The Bertz CT molecular complexity index is 2040. The SMILES string of the molecule is O=C(C(=C1C=C(c2ccccc2)OC(c2ccccc2)=C1)c1cc(-c2ccccc2)[o+]c(-c2ccccc2)c1)c1ccccc1.[O-][Cl+3]([O-])([O-])[O-]. The lowest BCUT2D eigenvalue weighted by Gasteiger charge is -2.21. The first-order chi connectivity index (χ1) is 24.2. The van der Waals surface area contributed by atoms with Crippen LogP contribution in [-0.2, 0) is 4.74 Å². The zero-order valence-corrected chi connectivity index (χ0v) is 27.2. The monoisotopic (exact) mass is 680 g/mol. The highest BCUT2D eigenvalue weighted by Gasteiger charge is 2.28. The second-order valence-corrected chi connectivity index (χ2v) is 11.8. The summed E-state index contributed by atoms with van der Waals surface area (Å²) in [4.78, 5) is 14.6. The van der Waals surface area contributed by atoms with Crippen LogP contribution in [0.15, 0.2) is 186 Å². The molecular weight excluding hydrogens is 652 g/mol. The van der Waals surface area contributed by atoms with Gasteiger partial charge in [-0.1, -0.05) is 127 Å². The maximum absolute atomic E-state index is 14.6. The second kappa shape index (κ2) is 15.5.